The second-order valence-electron chi connectivity index (χ2n) is 14.3. The Balaban J connectivity index is 0.960. The number of hydrogen-bond acceptors (Lipinski definition) is 5. The number of fused-ring (bicyclic) bond motifs is 5. The van der Waals surface area contributed by atoms with Crippen LogP contribution in [-0.4, -0.2) is 19.9 Å². The Morgan fingerprint density at radius 1 is 0.333 bits per heavy atom. The normalized spacial score (nSPS) is 11.5. The standard InChI is InChI=1S/C52H32N4O/c1-2-12-35(13-3-1)50-54-51(56-52(55-50)40-28-25-33-11-4-5-14-37(33)29-40)36-26-23-34(24-27-36)41-31-46-42(18-10-21-47(46)53-32-41)38-15-8-16-39(30-38)43-19-9-20-45-44-17-6-7-22-48(44)57-49(43)45/h1-32H. The maximum Gasteiger partial charge on any atom is 0.164 e. The molecule has 3 aromatic heterocycles. The number of pyridine rings is 1. The fourth-order valence-electron chi connectivity index (χ4n) is 7.88. The summed E-state index contributed by atoms with van der Waals surface area (Å²) >= 11 is 0. The highest BCUT2D eigenvalue weighted by molar-refractivity contribution is 6.10. The summed E-state index contributed by atoms with van der Waals surface area (Å²) in [4.78, 5) is 19.9. The first-order valence-electron chi connectivity index (χ1n) is 19.0. The highest BCUT2D eigenvalue weighted by Crippen LogP contribution is 2.38. The molecule has 11 aromatic rings. The molecule has 0 atom stereocenters. The van der Waals surface area contributed by atoms with Crippen LogP contribution in [0.1, 0.15) is 0 Å². The van der Waals surface area contributed by atoms with E-state index in [1.54, 1.807) is 0 Å². The number of aromatic nitrogens is 4. The summed E-state index contributed by atoms with van der Waals surface area (Å²) in [6.07, 6.45) is 1.95. The molecule has 0 saturated heterocycles. The number of benzene rings is 8. The molecule has 0 saturated carbocycles. The van der Waals surface area contributed by atoms with Gasteiger partial charge in [-0.3, -0.25) is 4.98 Å². The summed E-state index contributed by atoms with van der Waals surface area (Å²) < 4.78 is 6.40. The highest BCUT2D eigenvalue weighted by Gasteiger charge is 2.16. The van der Waals surface area contributed by atoms with Gasteiger partial charge in [0.15, 0.2) is 17.5 Å². The van der Waals surface area contributed by atoms with Crippen molar-refractivity contribution >= 4 is 43.6 Å². The Labute approximate surface area is 328 Å². The van der Waals surface area contributed by atoms with Crippen molar-refractivity contribution in [3.63, 3.8) is 0 Å². The minimum Gasteiger partial charge on any atom is -0.455 e. The minimum absolute atomic E-state index is 0.621. The van der Waals surface area contributed by atoms with Gasteiger partial charge < -0.3 is 4.42 Å². The zero-order chi connectivity index (χ0) is 37.7. The van der Waals surface area contributed by atoms with Crippen molar-refractivity contribution in [2.75, 3.05) is 0 Å². The van der Waals surface area contributed by atoms with Gasteiger partial charge in [0.25, 0.3) is 0 Å². The predicted molar refractivity (Wildman–Crippen MR) is 233 cm³/mol. The van der Waals surface area contributed by atoms with Crippen LogP contribution in [0.25, 0.3) is 111 Å². The van der Waals surface area contributed by atoms with E-state index in [2.05, 4.69) is 146 Å². The molecule has 3 heterocycles. The summed E-state index contributed by atoms with van der Waals surface area (Å²) in [5.41, 5.74) is 12.0. The van der Waals surface area contributed by atoms with Gasteiger partial charge in [-0.25, -0.2) is 15.0 Å². The molecular weight excluding hydrogens is 697 g/mol. The quantitative estimate of drug-likeness (QED) is 0.171. The number of furan rings is 1. The molecule has 5 nitrogen and oxygen atoms in total. The average molecular weight is 729 g/mol. The van der Waals surface area contributed by atoms with Crippen LogP contribution in [0.2, 0.25) is 0 Å². The molecule has 8 aromatic carbocycles. The van der Waals surface area contributed by atoms with E-state index in [-0.39, 0.29) is 0 Å². The Hall–Kier alpha value is -7.76. The van der Waals surface area contributed by atoms with E-state index in [1.165, 1.54) is 5.39 Å². The van der Waals surface area contributed by atoms with Crippen LogP contribution in [0.3, 0.4) is 0 Å². The first kappa shape index (κ1) is 32.7. The molecule has 5 heteroatoms. The SMILES string of the molecule is c1ccc(-c2nc(-c3ccc(-c4cnc5cccc(-c6cccc(-c7cccc8c7oc7ccccc78)c6)c5c4)cc3)nc(-c3ccc4ccccc4c3)n2)cc1. The van der Waals surface area contributed by atoms with Crippen molar-refractivity contribution in [2.45, 2.75) is 0 Å². The van der Waals surface area contributed by atoms with Crippen molar-refractivity contribution in [3.8, 4) is 67.5 Å². The predicted octanol–water partition coefficient (Wildman–Crippen LogP) is 13.5. The largest absolute Gasteiger partial charge is 0.455 e. The lowest BCUT2D eigenvalue weighted by Gasteiger charge is -2.11. The zero-order valence-corrected chi connectivity index (χ0v) is 30.7. The van der Waals surface area contributed by atoms with Gasteiger partial charge in [-0.05, 0) is 63.4 Å². The second kappa shape index (κ2) is 13.5. The number of rotatable bonds is 6. The van der Waals surface area contributed by atoms with Gasteiger partial charge in [-0.2, -0.15) is 0 Å². The van der Waals surface area contributed by atoms with E-state index in [0.29, 0.717) is 17.5 Å². The molecule has 0 bridgehead atoms. The van der Waals surface area contributed by atoms with E-state index >= 15 is 0 Å². The lowest BCUT2D eigenvalue weighted by Crippen LogP contribution is -2.00. The lowest BCUT2D eigenvalue weighted by atomic mass is 9.94. The Bertz CT molecular complexity index is 3300. The third kappa shape index (κ3) is 5.90. The molecule has 0 unspecified atom stereocenters. The summed E-state index contributed by atoms with van der Waals surface area (Å²) in [6, 6.07) is 65.0. The van der Waals surface area contributed by atoms with E-state index in [4.69, 9.17) is 24.4 Å². The summed E-state index contributed by atoms with van der Waals surface area (Å²) in [6.45, 7) is 0. The number of hydrogen-bond donors (Lipinski definition) is 0. The summed E-state index contributed by atoms with van der Waals surface area (Å²) in [5, 5.41) is 5.65. The van der Waals surface area contributed by atoms with Crippen LogP contribution in [-0.2, 0) is 0 Å². The van der Waals surface area contributed by atoms with Crippen LogP contribution in [0, 0.1) is 0 Å². The third-order valence-electron chi connectivity index (χ3n) is 10.8. The Kier molecular flexibility index (Phi) is 7.74. The topological polar surface area (TPSA) is 64.7 Å². The van der Waals surface area contributed by atoms with Gasteiger partial charge in [0.2, 0.25) is 0 Å². The first-order chi connectivity index (χ1) is 28.2. The van der Waals surface area contributed by atoms with Gasteiger partial charge in [0.05, 0.1) is 5.52 Å². The van der Waals surface area contributed by atoms with Crippen LogP contribution >= 0.6 is 0 Å². The monoisotopic (exact) mass is 728 g/mol. The molecule has 0 radical (unpaired) electrons. The van der Waals surface area contributed by atoms with Crippen molar-refractivity contribution < 1.29 is 4.42 Å². The van der Waals surface area contributed by atoms with Crippen molar-refractivity contribution in [3.05, 3.63) is 194 Å². The smallest absolute Gasteiger partial charge is 0.164 e. The van der Waals surface area contributed by atoms with Crippen LogP contribution < -0.4 is 0 Å². The average Bonchev–Trinajstić information content (AvgIpc) is 3.68. The minimum atomic E-state index is 0.621. The Morgan fingerprint density at radius 3 is 1.77 bits per heavy atom. The molecule has 11 rings (SSSR count). The van der Waals surface area contributed by atoms with Crippen molar-refractivity contribution in [1.82, 2.24) is 19.9 Å². The molecule has 57 heavy (non-hydrogen) atoms. The molecule has 266 valence electrons. The first-order valence-corrected chi connectivity index (χ1v) is 19.0. The third-order valence-corrected chi connectivity index (χ3v) is 10.8. The van der Waals surface area contributed by atoms with Crippen LogP contribution in [0.5, 0.6) is 0 Å². The van der Waals surface area contributed by atoms with Crippen LogP contribution in [0.4, 0.5) is 0 Å². The fourth-order valence-corrected chi connectivity index (χ4v) is 7.88. The maximum absolute atomic E-state index is 6.40. The van der Waals surface area contributed by atoms with Crippen molar-refractivity contribution in [1.29, 1.82) is 0 Å². The molecule has 0 N–H and O–H groups in total. The van der Waals surface area contributed by atoms with Crippen LogP contribution in [0.15, 0.2) is 199 Å². The second-order valence-corrected chi connectivity index (χ2v) is 14.3. The fraction of sp³-hybridized carbons (Fsp3) is 0. The molecule has 0 spiro atoms. The summed E-state index contributed by atoms with van der Waals surface area (Å²) in [7, 11) is 0. The lowest BCUT2D eigenvalue weighted by molar-refractivity contribution is 0.670. The van der Waals surface area contributed by atoms with Gasteiger partial charge >= 0.3 is 0 Å². The van der Waals surface area contributed by atoms with Gasteiger partial charge in [0.1, 0.15) is 11.2 Å². The zero-order valence-electron chi connectivity index (χ0n) is 30.7. The van der Waals surface area contributed by atoms with E-state index in [1.807, 2.05) is 48.7 Å². The molecule has 0 amide bonds. The van der Waals surface area contributed by atoms with Gasteiger partial charge in [0, 0.05) is 50.2 Å². The molecule has 0 aliphatic carbocycles. The molecule has 0 aliphatic rings. The number of para-hydroxylation sites is 2. The molecular formula is C52H32N4O. The van der Waals surface area contributed by atoms with Gasteiger partial charge in [-0.1, -0.05) is 158 Å². The molecule has 0 fully saturated rings. The molecule has 0 aliphatic heterocycles. The van der Waals surface area contributed by atoms with E-state index < -0.39 is 0 Å². The highest BCUT2D eigenvalue weighted by atomic mass is 16.3. The summed E-state index contributed by atoms with van der Waals surface area (Å²) in [5.74, 6) is 1.89. The van der Waals surface area contributed by atoms with Gasteiger partial charge in [-0.15, -0.1) is 0 Å². The number of nitrogens with zero attached hydrogens (tertiary/aromatic N) is 4. The Morgan fingerprint density at radius 2 is 0.930 bits per heavy atom. The van der Waals surface area contributed by atoms with E-state index in [0.717, 1.165) is 88.3 Å². The van der Waals surface area contributed by atoms with E-state index in [9.17, 15) is 0 Å². The maximum atomic E-state index is 6.40. The van der Waals surface area contributed by atoms with Crippen molar-refractivity contribution in [2.24, 2.45) is 0 Å².